The van der Waals surface area contributed by atoms with Gasteiger partial charge in [0, 0.05) is 69.8 Å². The minimum absolute atomic E-state index is 0.124. The van der Waals surface area contributed by atoms with Crippen LogP contribution in [0.15, 0.2) is 42.6 Å². The first-order chi connectivity index (χ1) is 23.6. The van der Waals surface area contributed by atoms with Crippen molar-refractivity contribution in [1.29, 1.82) is 0 Å². The monoisotopic (exact) mass is 696 g/mol. The van der Waals surface area contributed by atoms with Crippen molar-refractivity contribution < 1.29 is 33.0 Å². The van der Waals surface area contributed by atoms with Crippen molar-refractivity contribution >= 4 is 45.9 Å². The zero-order valence-electron chi connectivity index (χ0n) is 28.5. The predicted molar refractivity (Wildman–Crippen MR) is 185 cm³/mol. The minimum Gasteiger partial charge on any atom is -0.466 e. The van der Waals surface area contributed by atoms with Gasteiger partial charge in [-0.05, 0) is 69.2 Å². The number of ether oxygens (including phenoxy) is 3. The topological polar surface area (TPSA) is 102 Å². The third-order valence-corrected chi connectivity index (χ3v) is 10.5. The molecular weight excluding hydrogens is 651 g/mol. The number of nitrogens with one attached hydrogen (secondary N) is 1. The van der Waals surface area contributed by atoms with Crippen molar-refractivity contribution in [2.24, 2.45) is 18.9 Å². The number of aryl methyl sites for hydroxylation is 1. The fraction of sp³-hybridized carbons (Fsp3) is 0.541. The van der Waals surface area contributed by atoms with Crippen LogP contribution in [0.4, 0.5) is 10.1 Å². The summed E-state index contributed by atoms with van der Waals surface area (Å²) in [4.78, 5) is 44.6. The smallest absolute Gasteiger partial charge is 0.308 e. The van der Waals surface area contributed by atoms with Crippen LogP contribution in [0.2, 0.25) is 5.02 Å². The maximum Gasteiger partial charge on any atom is 0.308 e. The van der Waals surface area contributed by atoms with E-state index >= 15 is 4.39 Å². The largest absolute Gasteiger partial charge is 0.466 e. The molecule has 2 aromatic carbocycles. The van der Waals surface area contributed by atoms with Gasteiger partial charge in [-0.15, -0.1) is 0 Å². The van der Waals surface area contributed by atoms with Crippen LogP contribution in [0, 0.1) is 17.7 Å². The molecule has 2 saturated heterocycles. The van der Waals surface area contributed by atoms with E-state index in [1.807, 2.05) is 35.9 Å². The molecule has 3 heterocycles. The maximum absolute atomic E-state index is 15.9. The molecule has 3 fully saturated rings. The van der Waals surface area contributed by atoms with E-state index in [4.69, 9.17) is 25.8 Å². The zero-order valence-corrected chi connectivity index (χ0v) is 29.3. The van der Waals surface area contributed by atoms with Crippen LogP contribution in [-0.4, -0.2) is 90.5 Å². The second kappa shape index (κ2) is 15.3. The van der Waals surface area contributed by atoms with Crippen LogP contribution >= 0.6 is 11.6 Å². The summed E-state index contributed by atoms with van der Waals surface area (Å²) in [5, 5.41) is 3.66. The highest BCUT2D eigenvalue weighted by Gasteiger charge is 2.56. The van der Waals surface area contributed by atoms with E-state index < -0.39 is 17.6 Å². The normalized spacial score (nSPS) is 21.7. The average molecular weight is 697 g/mol. The van der Waals surface area contributed by atoms with Crippen molar-refractivity contribution in [3.63, 3.8) is 0 Å². The molecule has 1 saturated carbocycles. The van der Waals surface area contributed by atoms with E-state index in [-0.39, 0.29) is 52.4 Å². The Hall–Kier alpha value is -3.35. The molecule has 10 nitrogen and oxygen atoms in total. The van der Waals surface area contributed by atoms with E-state index in [0.717, 1.165) is 23.7 Å². The fourth-order valence-electron chi connectivity index (χ4n) is 7.67. The lowest BCUT2D eigenvalue weighted by Gasteiger charge is -2.55. The number of fused-ring (bicyclic) bond motifs is 1. The predicted octanol–water partition coefficient (Wildman–Crippen LogP) is 5.80. The third-order valence-electron chi connectivity index (χ3n) is 10.2. The molecule has 0 bridgehead atoms. The Morgan fingerprint density at radius 1 is 1.04 bits per heavy atom. The molecule has 1 aromatic heterocycles. The zero-order chi connectivity index (χ0) is 34.7. The molecule has 0 radical (unpaired) electrons. The molecule has 12 heteroatoms. The highest BCUT2D eigenvalue weighted by molar-refractivity contribution is 6.34. The molecule has 264 valence electrons. The highest BCUT2D eigenvalue weighted by atomic mass is 35.5. The summed E-state index contributed by atoms with van der Waals surface area (Å²) < 4.78 is 35.3. The Morgan fingerprint density at radius 3 is 2.45 bits per heavy atom. The van der Waals surface area contributed by atoms with Gasteiger partial charge in [-0.3, -0.25) is 24.2 Å². The van der Waals surface area contributed by atoms with Crippen molar-refractivity contribution in [3.05, 3.63) is 64.6 Å². The van der Waals surface area contributed by atoms with E-state index in [1.54, 1.807) is 20.2 Å². The van der Waals surface area contributed by atoms with Gasteiger partial charge in [0.05, 0.1) is 41.5 Å². The number of hydrogen-bond donors (Lipinski definition) is 1. The Balaban J connectivity index is 1.24. The van der Waals surface area contributed by atoms with Gasteiger partial charge in [-0.25, -0.2) is 4.39 Å². The number of amides is 1. The fourth-order valence-corrected chi connectivity index (χ4v) is 7.91. The highest BCUT2D eigenvalue weighted by Crippen LogP contribution is 2.40. The number of rotatable bonds is 13. The van der Waals surface area contributed by atoms with Gasteiger partial charge in [-0.2, -0.15) is 0 Å². The number of aromatic nitrogens is 1. The number of methoxy groups -OCH3 is 1. The molecule has 6 rings (SSSR count). The lowest BCUT2D eigenvalue weighted by atomic mass is 9.87. The molecule has 49 heavy (non-hydrogen) atoms. The summed E-state index contributed by atoms with van der Waals surface area (Å²) in [6, 6.07) is 10.1. The molecule has 1 unspecified atom stereocenters. The molecular formula is C37H46ClFN4O6. The van der Waals surface area contributed by atoms with Gasteiger partial charge in [0.2, 0.25) is 5.85 Å². The molecule has 1 atom stereocenters. The number of likely N-dealkylation sites (tertiary alicyclic amines) is 2. The summed E-state index contributed by atoms with van der Waals surface area (Å²) in [5.41, 5.74) is 1.59. The minimum atomic E-state index is -1.39. The van der Waals surface area contributed by atoms with Crippen LogP contribution in [0.25, 0.3) is 10.9 Å². The molecule has 0 spiro atoms. The molecule has 1 aliphatic carbocycles. The van der Waals surface area contributed by atoms with Crippen LogP contribution in [0.1, 0.15) is 61.4 Å². The molecule has 1 N–H and O–H groups in total. The first-order valence-corrected chi connectivity index (χ1v) is 17.7. The lowest BCUT2D eigenvalue weighted by Crippen LogP contribution is -2.73. The Morgan fingerprint density at radius 2 is 1.76 bits per heavy atom. The van der Waals surface area contributed by atoms with Crippen molar-refractivity contribution in [2.45, 2.75) is 63.8 Å². The second-order valence-electron chi connectivity index (χ2n) is 13.5. The van der Waals surface area contributed by atoms with Gasteiger partial charge in [0.1, 0.15) is 5.82 Å². The van der Waals surface area contributed by atoms with Crippen LogP contribution in [-0.2, 0) is 37.3 Å². The Labute approximate surface area is 291 Å². The van der Waals surface area contributed by atoms with Gasteiger partial charge >= 0.3 is 5.97 Å². The van der Waals surface area contributed by atoms with Gasteiger partial charge in [-0.1, -0.05) is 29.8 Å². The molecule has 1 amide bonds. The van der Waals surface area contributed by atoms with Crippen molar-refractivity contribution in [1.82, 2.24) is 14.4 Å². The molecule has 2 aliphatic heterocycles. The number of hydrogen-bond acceptors (Lipinski definition) is 8. The van der Waals surface area contributed by atoms with E-state index in [9.17, 15) is 14.4 Å². The number of para-hydroxylation sites is 1. The number of halogens is 2. The van der Waals surface area contributed by atoms with E-state index in [1.165, 1.54) is 12.1 Å². The summed E-state index contributed by atoms with van der Waals surface area (Å²) >= 11 is 6.65. The first kappa shape index (κ1) is 35.5. The number of carbonyl (C=O) groups is 3. The number of ketones is 1. The standard InChI is InChI=1S/C37H46ClFN4O6/c1-4-48-36(46)25-11-13-27(14-12-25)49-37(42-15-7-8-16-42,43-20-24(21-43)23-47-3)34(44)18-26-17-30(38)32(19-31(26)39)40-35(45)29-22-41(2)33-10-6-5-9-28(29)33/h5-6,9-10,17,19,22,24-25,27H,4,7-8,11-16,18,20-21,23H2,1-3H3,(H,40,45). The van der Waals surface area contributed by atoms with Crippen molar-refractivity contribution in [3.8, 4) is 0 Å². The van der Waals surface area contributed by atoms with Crippen LogP contribution in [0.3, 0.4) is 0 Å². The maximum atomic E-state index is 15.9. The second-order valence-corrected chi connectivity index (χ2v) is 13.9. The van der Waals surface area contributed by atoms with Crippen LogP contribution < -0.4 is 5.32 Å². The number of carbonyl (C=O) groups excluding carboxylic acids is 3. The van der Waals surface area contributed by atoms with Crippen LogP contribution in [0.5, 0.6) is 0 Å². The quantitative estimate of drug-likeness (QED) is 0.224. The van der Waals surface area contributed by atoms with Gasteiger partial charge in [0.15, 0.2) is 5.78 Å². The number of benzene rings is 2. The lowest BCUT2D eigenvalue weighted by molar-refractivity contribution is -0.277. The summed E-state index contributed by atoms with van der Waals surface area (Å²) in [6.07, 6.45) is 5.56. The van der Waals surface area contributed by atoms with E-state index in [0.29, 0.717) is 70.6 Å². The van der Waals surface area contributed by atoms with E-state index in [2.05, 4.69) is 15.1 Å². The number of anilines is 1. The summed E-state index contributed by atoms with van der Waals surface area (Å²) in [6.45, 7) is 5.29. The third kappa shape index (κ3) is 7.28. The molecule has 3 aromatic rings. The van der Waals surface area contributed by atoms with Gasteiger partial charge in [0.25, 0.3) is 5.91 Å². The van der Waals surface area contributed by atoms with Gasteiger partial charge < -0.3 is 24.1 Å². The number of nitrogens with zero attached hydrogens (tertiary/aromatic N) is 3. The Bertz CT molecular complexity index is 1680. The Kier molecular flexibility index (Phi) is 11.1. The number of Topliss-reactive ketones (excluding diaryl/α,β-unsaturated/α-hetero) is 1. The van der Waals surface area contributed by atoms with Crippen molar-refractivity contribution in [2.75, 3.05) is 51.8 Å². The summed E-state index contributed by atoms with van der Waals surface area (Å²) in [7, 11) is 3.52. The molecule has 3 aliphatic rings. The number of esters is 1. The SMILES string of the molecule is CCOC(=O)C1CCC(OC(C(=O)Cc2cc(Cl)c(NC(=O)c3cn(C)c4ccccc34)cc2F)(N2CCCC2)N2CC(COC)C2)CC1. The first-order valence-electron chi connectivity index (χ1n) is 17.3. The summed E-state index contributed by atoms with van der Waals surface area (Å²) in [5.74, 6) is -2.82. The average Bonchev–Trinajstić information content (AvgIpc) is 3.73.